The van der Waals surface area contributed by atoms with Gasteiger partial charge in [0.2, 0.25) is 34.5 Å². The van der Waals surface area contributed by atoms with Gasteiger partial charge in [-0.1, -0.05) is 465 Å². The van der Waals surface area contributed by atoms with E-state index in [0.717, 1.165) is 70.0 Å². The molecule has 6 fully saturated rings. The van der Waals surface area contributed by atoms with Gasteiger partial charge >= 0.3 is 0 Å². The molecule has 114 heavy (non-hydrogen) atoms. The highest BCUT2D eigenvalue weighted by Gasteiger charge is 2.38. The molecule has 1 aromatic carbocycles. The van der Waals surface area contributed by atoms with Crippen molar-refractivity contribution in [2.75, 3.05) is 39.6 Å². The van der Waals surface area contributed by atoms with Gasteiger partial charge < -0.3 is 28.4 Å². The Morgan fingerprint density at radius 2 is 0.228 bits per heavy atom. The van der Waals surface area contributed by atoms with E-state index in [4.69, 9.17) is 28.4 Å². The molecule has 6 aliphatic carbocycles. The molecule has 0 unspecified atom stereocenters. The second-order valence-electron chi connectivity index (χ2n) is 40.7. The van der Waals surface area contributed by atoms with Crippen molar-refractivity contribution in [1.82, 2.24) is 0 Å². The lowest BCUT2D eigenvalue weighted by atomic mass is 9.80. The minimum absolute atomic E-state index is 0.505. The molecule has 0 aliphatic heterocycles. The summed E-state index contributed by atoms with van der Waals surface area (Å²) >= 11 is 0. The first-order chi connectivity index (χ1) is 56.4. The van der Waals surface area contributed by atoms with Crippen molar-refractivity contribution in [1.29, 1.82) is 0 Å². The standard InChI is InChI=1S/C108H198O6/c1-7-13-19-25-31-37-43-49-55-91-61-73-97(74-62-91)85-109-103-104(110-86-98-75-63-92(64-76-98)56-50-44-38-32-26-20-14-8-2)106(112-88-100-79-67-94(68-80-100)58-52-46-40-34-28-22-16-10-4)108(114-90-102-83-71-96(72-84-102)60-54-48-42-36-30-24-18-12-6)107(113-89-101-81-69-95(70-82-101)59-53-47-41-35-29-23-17-11-5)105(103)111-87-99-77-65-93(66-78-99)57-51-45-39-33-27-21-15-9-3/h91-102H,7-90H2,1-6H3. The van der Waals surface area contributed by atoms with Crippen molar-refractivity contribution in [2.24, 2.45) is 71.0 Å². The lowest BCUT2D eigenvalue weighted by Gasteiger charge is -2.34. The van der Waals surface area contributed by atoms with Gasteiger partial charge in [0, 0.05) is 0 Å². The topological polar surface area (TPSA) is 55.4 Å². The fourth-order valence-corrected chi connectivity index (χ4v) is 22.1. The number of benzene rings is 1. The fourth-order valence-electron chi connectivity index (χ4n) is 22.1. The second kappa shape index (κ2) is 66.6. The summed E-state index contributed by atoms with van der Waals surface area (Å²) in [5, 5.41) is 0. The zero-order valence-electron chi connectivity index (χ0n) is 77.8. The SMILES string of the molecule is CCCCCCCCCCC1CCC(COc2c(OCC3CCC(CCCCCCCCCC)CC3)c(OCC3CCC(CCCCCCCCCC)CC3)c(OCC3CCC(CCCCCCCCCC)CC3)c(OCC3CCC(CCCCCCCCCC)CC3)c2OCC2CCC(CCCCCCCCCC)CC2)CC1. The molecule has 0 aromatic heterocycles. The minimum Gasteiger partial charge on any atom is -0.486 e. The van der Waals surface area contributed by atoms with Crippen LogP contribution in [0.1, 0.15) is 542 Å². The van der Waals surface area contributed by atoms with Gasteiger partial charge in [0.1, 0.15) is 0 Å². The van der Waals surface area contributed by atoms with Crippen molar-refractivity contribution in [3.63, 3.8) is 0 Å². The average Bonchev–Trinajstić information content (AvgIpc) is 0.761. The Morgan fingerprint density at radius 1 is 0.132 bits per heavy atom. The predicted molar refractivity (Wildman–Crippen MR) is 495 cm³/mol. The zero-order valence-corrected chi connectivity index (χ0v) is 77.8. The third-order valence-electron chi connectivity index (χ3n) is 30.6. The Morgan fingerprint density at radius 3 is 0.342 bits per heavy atom. The number of unbranched alkanes of at least 4 members (excludes halogenated alkanes) is 42. The quantitative estimate of drug-likeness (QED) is 0.0606. The first-order valence-corrected chi connectivity index (χ1v) is 53.4. The van der Waals surface area contributed by atoms with Crippen LogP contribution < -0.4 is 28.4 Å². The van der Waals surface area contributed by atoms with Crippen molar-refractivity contribution >= 4 is 0 Å². The second-order valence-corrected chi connectivity index (χ2v) is 40.7. The van der Waals surface area contributed by atoms with E-state index in [1.54, 1.807) is 0 Å². The third kappa shape index (κ3) is 44.2. The maximum absolute atomic E-state index is 7.81. The Kier molecular flexibility index (Phi) is 57.9. The minimum atomic E-state index is 0.505. The van der Waals surface area contributed by atoms with E-state index >= 15 is 0 Å². The van der Waals surface area contributed by atoms with Gasteiger partial charge in [-0.25, -0.2) is 0 Å². The third-order valence-corrected chi connectivity index (χ3v) is 30.6. The molecule has 6 saturated carbocycles. The Balaban J connectivity index is 1.20. The fraction of sp³-hybridized carbons (Fsp3) is 0.944. The molecule has 0 heterocycles. The summed E-state index contributed by atoms with van der Waals surface area (Å²) in [6, 6.07) is 0. The monoisotopic (exact) mass is 1590 g/mol. The highest BCUT2D eigenvalue weighted by Crippen LogP contribution is 2.60. The van der Waals surface area contributed by atoms with E-state index in [2.05, 4.69) is 41.5 Å². The predicted octanol–water partition coefficient (Wildman–Crippen LogP) is 36.0. The van der Waals surface area contributed by atoms with Gasteiger partial charge in [-0.05, 0) is 148 Å². The van der Waals surface area contributed by atoms with Crippen LogP contribution in [0.3, 0.4) is 0 Å². The van der Waals surface area contributed by atoms with Crippen LogP contribution in [0.2, 0.25) is 0 Å². The highest BCUT2D eigenvalue weighted by molar-refractivity contribution is 5.74. The Labute approximate surface area is 711 Å². The van der Waals surface area contributed by atoms with E-state index in [0.29, 0.717) is 75.1 Å². The van der Waals surface area contributed by atoms with Crippen LogP contribution in [0, 0.1) is 71.0 Å². The molecule has 1 aromatic rings. The lowest BCUT2D eigenvalue weighted by molar-refractivity contribution is 0.117. The maximum atomic E-state index is 7.81. The smallest absolute Gasteiger partial charge is 0.211 e. The van der Waals surface area contributed by atoms with Crippen LogP contribution >= 0.6 is 0 Å². The molecule has 666 valence electrons. The van der Waals surface area contributed by atoms with Crippen LogP contribution in [0.25, 0.3) is 0 Å². The molecule has 0 amide bonds. The summed E-state index contributed by atoms with van der Waals surface area (Å²) in [5.41, 5.74) is 0. The van der Waals surface area contributed by atoms with Crippen LogP contribution in [0.4, 0.5) is 0 Å². The molecule has 6 heteroatoms. The van der Waals surface area contributed by atoms with Crippen LogP contribution in [0.5, 0.6) is 34.5 Å². The molecule has 0 bridgehead atoms. The van der Waals surface area contributed by atoms with E-state index in [9.17, 15) is 0 Å². The Hall–Kier alpha value is -1.98. The maximum Gasteiger partial charge on any atom is 0.211 e. The molecule has 0 saturated heterocycles. The van der Waals surface area contributed by atoms with Crippen molar-refractivity contribution in [3.05, 3.63) is 0 Å². The molecule has 6 nitrogen and oxygen atoms in total. The average molecular weight is 1590 g/mol. The molecular formula is C108H198O6. The molecular weight excluding hydrogens is 1390 g/mol. The molecule has 0 spiro atoms. The normalized spacial score (nSPS) is 24.3. The van der Waals surface area contributed by atoms with Crippen molar-refractivity contribution < 1.29 is 28.4 Å². The van der Waals surface area contributed by atoms with Gasteiger partial charge in [-0.3, -0.25) is 0 Å². The summed E-state index contributed by atoms with van der Waals surface area (Å²) in [6.45, 7) is 18.2. The molecule has 0 N–H and O–H groups in total. The highest BCUT2D eigenvalue weighted by atomic mass is 16.6. The molecule has 6 aliphatic rings. The number of ether oxygens (including phenoxy) is 6. The summed E-state index contributed by atoms with van der Waals surface area (Å²) in [7, 11) is 0. The van der Waals surface area contributed by atoms with Crippen molar-refractivity contribution in [3.8, 4) is 34.5 Å². The van der Waals surface area contributed by atoms with Crippen LogP contribution in [-0.4, -0.2) is 39.6 Å². The first-order valence-electron chi connectivity index (χ1n) is 53.4. The Bertz CT molecular complexity index is 1870. The largest absolute Gasteiger partial charge is 0.486 e. The van der Waals surface area contributed by atoms with Gasteiger partial charge in [0.25, 0.3) is 0 Å². The zero-order chi connectivity index (χ0) is 80.0. The van der Waals surface area contributed by atoms with Crippen LogP contribution in [0.15, 0.2) is 0 Å². The summed E-state index contributed by atoms with van der Waals surface area (Å²) < 4.78 is 46.9. The van der Waals surface area contributed by atoms with Crippen LogP contribution in [-0.2, 0) is 0 Å². The molecule has 0 atom stereocenters. The van der Waals surface area contributed by atoms with Gasteiger partial charge in [0.15, 0.2) is 0 Å². The molecule has 7 rings (SSSR count). The van der Waals surface area contributed by atoms with Gasteiger partial charge in [0.05, 0.1) is 39.6 Å². The summed E-state index contributed by atoms with van der Waals surface area (Å²) in [6.07, 6.45) is 107. The number of rotatable bonds is 72. The summed E-state index contributed by atoms with van der Waals surface area (Å²) in [5.74, 6) is 12.9. The van der Waals surface area contributed by atoms with Gasteiger partial charge in [-0.2, -0.15) is 0 Å². The number of hydrogen-bond donors (Lipinski definition) is 0. The van der Waals surface area contributed by atoms with E-state index in [1.807, 2.05) is 0 Å². The van der Waals surface area contributed by atoms with Gasteiger partial charge in [-0.15, -0.1) is 0 Å². The van der Waals surface area contributed by atoms with E-state index < -0.39 is 0 Å². The number of hydrogen-bond acceptors (Lipinski definition) is 6. The van der Waals surface area contributed by atoms with E-state index in [-0.39, 0.29) is 0 Å². The first kappa shape index (κ1) is 99.1. The summed E-state index contributed by atoms with van der Waals surface area (Å²) in [4.78, 5) is 0. The van der Waals surface area contributed by atoms with E-state index in [1.165, 1.54) is 501 Å². The van der Waals surface area contributed by atoms with Crippen molar-refractivity contribution in [2.45, 2.75) is 542 Å². The lowest BCUT2D eigenvalue weighted by Crippen LogP contribution is -2.25. The molecule has 0 radical (unpaired) electrons.